The molecule has 4 fully saturated rings. The Kier molecular flexibility index (Phi) is 12.0. The van der Waals surface area contributed by atoms with Crippen LogP contribution in [0.3, 0.4) is 0 Å². The lowest BCUT2D eigenvalue weighted by molar-refractivity contribution is -0.298. The largest absolute Gasteiger partial charge is 0.458 e. The number of carbonyl (C=O) groups excluding carboxylic acids is 4. The number of ketones is 2. The molecule has 1 amide bonds. The third-order valence-corrected chi connectivity index (χ3v) is 13.6. The maximum Gasteiger partial charge on any atom is 0.411 e. The van der Waals surface area contributed by atoms with Crippen molar-refractivity contribution in [2.75, 3.05) is 27.2 Å². The SMILES string of the molecule is CC[C@H]1OC(=O)[C@H](C)C(=O)[C@H](C)[C@@H](O[C@@H]2O[C@H](C)C[C@H](N(C)C)[C@H]2O)[C@@]2(C)C[C@@H](C)C(=O)[C@@H](C)[C@@H]3N(C[C@H]4ON=C(c5cnc6ccccc6c5)[C@H]4CO2)C(=O)O[C@@]31C. The Morgan fingerprint density at radius 3 is 2.46 bits per heavy atom. The van der Waals surface area contributed by atoms with Crippen LogP contribution >= 0.6 is 0 Å². The summed E-state index contributed by atoms with van der Waals surface area (Å²) in [4.78, 5) is 72.0. The monoisotopic (exact) mass is 820 g/mol. The van der Waals surface area contributed by atoms with Crippen molar-refractivity contribution in [1.29, 1.82) is 0 Å². The number of amides is 1. The van der Waals surface area contributed by atoms with Gasteiger partial charge in [0.2, 0.25) is 0 Å². The van der Waals surface area contributed by atoms with Gasteiger partial charge in [0.25, 0.3) is 0 Å². The minimum atomic E-state index is -1.47. The van der Waals surface area contributed by atoms with Gasteiger partial charge >= 0.3 is 12.1 Å². The Morgan fingerprint density at radius 2 is 1.75 bits per heavy atom. The third-order valence-electron chi connectivity index (χ3n) is 13.6. The number of ether oxygens (including phenoxy) is 5. The quantitative estimate of drug-likeness (QED) is 0.329. The fourth-order valence-electron chi connectivity index (χ4n) is 10.3. The summed E-state index contributed by atoms with van der Waals surface area (Å²) in [5.74, 6) is -5.82. The van der Waals surface area contributed by atoms with Gasteiger partial charge in [0.1, 0.15) is 23.9 Å². The molecule has 0 unspecified atom stereocenters. The fraction of sp³-hybridized carbons (Fsp3) is 0.682. The van der Waals surface area contributed by atoms with E-state index in [4.69, 9.17) is 33.5 Å². The van der Waals surface area contributed by atoms with Gasteiger partial charge in [-0.3, -0.25) is 24.3 Å². The van der Waals surface area contributed by atoms with Crippen LogP contribution in [0, 0.1) is 29.6 Å². The molecule has 6 heterocycles. The molecular formula is C44H60N4O11. The highest BCUT2D eigenvalue weighted by atomic mass is 16.7. The number of Topliss-reactive ketones (excluding diaryl/α,β-unsaturated/α-hetero) is 2. The molecule has 2 aromatic rings. The average molecular weight is 821 g/mol. The van der Waals surface area contributed by atoms with E-state index in [2.05, 4.69) is 5.16 Å². The first-order valence-electron chi connectivity index (χ1n) is 21.0. The lowest BCUT2D eigenvalue weighted by atomic mass is 9.73. The first-order valence-corrected chi connectivity index (χ1v) is 21.0. The van der Waals surface area contributed by atoms with Crippen molar-refractivity contribution < 1.29 is 52.8 Å². The van der Waals surface area contributed by atoms with Crippen molar-refractivity contribution in [2.24, 2.45) is 34.7 Å². The Bertz CT molecular complexity index is 1980. The molecule has 322 valence electrons. The molecule has 15 atom stereocenters. The Hall–Kier alpha value is -4.02. The Labute approximate surface area is 346 Å². The van der Waals surface area contributed by atoms with Crippen molar-refractivity contribution in [3.63, 3.8) is 0 Å². The van der Waals surface area contributed by atoms with E-state index < -0.39 is 95.4 Å². The maximum atomic E-state index is 14.8. The van der Waals surface area contributed by atoms with Crippen LogP contribution in [-0.2, 0) is 42.9 Å². The molecule has 0 radical (unpaired) electrons. The zero-order chi connectivity index (χ0) is 42.7. The molecule has 59 heavy (non-hydrogen) atoms. The summed E-state index contributed by atoms with van der Waals surface area (Å²) < 4.78 is 32.5. The molecule has 5 aliphatic rings. The predicted octanol–water partition coefficient (Wildman–Crippen LogP) is 4.54. The number of likely N-dealkylation sites (N-methyl/N-ethyl adjacent to an activating group) is 1. The number of carbonyl (C=O) groups is 4. The first kappa shape index (κ1) is 43.1. The maximum absolute atomic E-state index is 14.8. The van der Waals surface area contributed by atoms with E-state index in [-0.39, 0.29) is 43.9 Å². The number of rotatable bonds is 5. The second-order valence-corrected chi connectivity index (χ2v) is 18.1. The molecule has 1 N–H and O–H groups in total. The van der Waals surface area contributed by atoms with E-state index in [1.54, 1.807) is 33.9 Å². The van der Waals surface area contributed by atoms with Gasteiger partial charge in [0, 0.05) is 40.9 Å². The number of oxime groups is 1. The van der Waals surface area contributed by atoms with Crippen LogP contribution in [0.2, 0.25) is 0 Å². The first-order chi connectivity index (χ1) is 27.9. The van der Waals surface area contributed by atoms with Crippen LogP contribution in [0.1, 0.15) is 80.2 Å². The molecule has 4 saturated heterocycles. The number of hydrogen-bond acceptors (Lipinski definition) is 14. The number of hydrogen-bond donors (Lipinski definition) is 1. The molecule has 7 rings (SSSR count). The summed E-state index contributed by atoms with van der Waals surface area (Å²) in [5.41, 5.74) is -0.815. The summed E-state index contributed by atoms with van der Waals surface area (Å²) >= 11 is 0. The number of nitrogens with zero attached hydrogens (tertiary/aromatic N) is 4. The van der Waals surface area contributed by atoms with E-state index >= 15 is 0 Å². The molecule has 15 heteroatoms. The van der Waals surface area contributed by atoms with Crippen LogP contribution in [0.25, 0.3) is 10.9 Å². The van der Waals surface area contributed by atoms with Crippen molar-refractivity contribution >= 4 is 40.2 Å². The molecule has 0 spiro atoms. The van der Waals surface area contributed by atoms with Gasteiger partial charge in [-0.2, -0.15) is 0 Å². The summed E-state index contributed by atoms with van der Waals surface area (Å²) in [6, 6.07) is 8.51. The van der Waals surface area contributed by atoms with Crippen LogP contribution in [0.5, 0.6) is 0 Å². The van der Waals surface area contributed by atoms with Gasteiger partial charge in [-0.05, 0) is 73.2 Å². The molecule has 1 aromatic heterocycles. The van der Waals surface area contributed by atoms with Crippen LogP contribution in [0.15, 0.2) is 41.7 Å². The summed E-state index contributed by atoms with van der Waals surface area (Å²) in [5, 5.41) is 17.2. The number of benzene rings is 1. The summed E-state index contributed by atoms with van der Waals surface area (Å²) in [6.45, 7) is 13.9. The van der Waals surface area contributed by atoms with E-state index in [9.17, 15) is 24.3 Å². The van der Waals surface area contributed by atoms with Crippen molar-refractivity contribution in [3.8, 4) is 0 Å². The zero-order valence-electron chi connectivity index (χ0n) is 35.8. The van der Waals surface area contributed by atoms with Gasteiger partial charge in [0.05, 0.1) is 54.1 Å². The third kappa shape index (κ3) is 7.77. The lowest BCUT2D eigenvalue weighted by Crippen LogP contribution is -2.61. The summed E-state index contributed by atoms with van der Waals surface area (Å²) in [7, 11) is 3.75. The van der Waals surface area contributed by atoms with Gasteiger partial charge in [-0.15, -0.1) is 0 Å². The number of esters is 1. The smallest absolute Gasteiger partial charge is 0.411 e. The van der Waals surface area contributed by atoms with Gasteiger partial charge < -0.3 is 38.5 Å². The second-order valence-electron chi connectivity index (χ2n) is 18.1. The Morgan fingerprint density at radius 1 is 1.02 bits per heavy atom. The number of aromatic nitrogens is 1. The fourth-order valence-corrected chi connectivity index (χ4v) is 10.3. The normalized spacial score (nSPS) is 40.9. The minimum Gasteiger partial charge on any atom is -0.458 e. The standard InChI is InChI=1S/C44H60N4O11/c1-11-33-44(8)38-24(4)35(49)22(2)18-43(7,39(25(5)36(50)26(6)40(52)56-33)57-41-37(51)31(47(9)10)16-23(3)55-41)54-21-29-32(20-48(38)42(53)58-44)59-46-34(29)28-17-27-14-12-13-15-30(27)45-19-28/h12-15,17,19,22-26,29,31-33,37-39,41,51H,11,16,18,20-21H2,1-10H3/t22-,23-,24-,25+,26-,29+,31+,32-,33-,37-,38+,39-,41+,43-,44-/m1/s1. The average Bonchev–Trinajstić information content (AvgIpc) is 3.72. The zero-order valence-corrected chi connectivity index (χ0v) is 35.8. The highest BCUT2D eigenvalue weighted by Gasteiger charge is 2.62. The number of cyclic esters (lactones) is 1. The molecule has 1 aromatic carbocycles. The van der Waals surface area contributed by atoms with E-state index in [1.165, 1.54) is 11.8 Å². The lowest BCUT2D eigenvalue weighted by Gasteiger charge is -2.48. The molecule has 0 saturated carbocycles. The number of pyridine rings is 1. The highest BCUT2D eigenvalue weighted by Crippen LogP contribution is 2.45. The molecule has 0 aliphatic carbocycles. The van der Waals surface area contributed by atoms with E-state index in [1.807, 2.05) is 70.1 Å². The minimum absolute atomic E-state index is 0.0225. The number of aliphatic hydroxyl groups is 1. The summed E-state index contributed by atoms with van der Waals surface area (Å²) in [6.07, 6.45) is -3.59. The van der Waals surface area contributed by atoms with Crippen LogP contribution in [0.4, 0.5) is 4.79 Å². The van der Waals surface area contributed by atoms with E-state index in [0.29, 0.717) is 17.7 Å². The molecule has 5 aliphatic heterocycles. The topological polar surface area (TPSA) is 176 Å². The molecule has 2 bridgehead atoms. The van der Waals surface area contributed by atoms with E-state index in [0.717, 1.165) is 10.9 Å². The van der Waals surface area contributed by atoms with Crippen molar-refractivity contribution in [1.82, 2.24) is 14.8 Å². The van der Waals surface area contributed by atoms with Crippen LogP contribution < -0.4 is 0 Å². The highest BCUT2D eigenvalue weighted by molar-refractivity contribution is 6.05. The van der Waals surface area contributed by atoms with Gasteiger partial charge in [0.15, 0.2) is 23.8 Å². The van der Waals surface area contributed by atoms with Crippen molar-refractivity contribution in [2.45, 2.75) is 135 Å². The van der Waals surface area contributed by atoms with Gasteiger partial charge in [-0.1, -0.05) is 51.0 Å². The number of fused-ring (bicyclic) bond motifs is 6. The van der Waals surface area contributed by atoms with Gasteiger partial charge in [-0.25, -0.2) is 4.79 Å². The molecule has 15 nitrogen and oxygen atoms in total. The number of para-hydroxylation sites is 1. The second kappa shape index (κ2) is 16.4. The molecular weight excluding hydrogens is 761 g/mol. The predicted molar refractivity (Wildman–Crippen MR) is 215 cm³/mol. The Balaban J connectivity index is 1.39. The van der Waals surface area contributed by atoms with Crippen LogP contribution in [-0.4, -0.2) is 137 Å². The van der Waals surface area contributed by atoms with Crippen molar-refractivity contribution in [3.05, 3.63) is 42.1 Å². The number of aliphatic hydroxyl groups excluding tert-OH is 1.